The fourth-order valence-electron chi connectivity index (χ4n) is 18.8. The quantitative estimate of drug-likeness (QED) is 0.0527. The number of benzene rings is 19. The van der Waals surface area contributed by atoms with Gasteiger partial charge in [-0.1, -0.05) is 502 Å². The number of phenols is 9. The fraction of sp³-hybridized carbons (Fsp3) is 0.191. The third kappa shape index (κ3) is 23.6. The van der Waals surface area contributed by atoms with E-state index in [4.69, 9.17) is 20.4 Å². The molecular formula is C131H138O9. The number of fused-ring (bicyclic) bond motifs is 19. The Morgan fingerprint density at radius 2 is 0.329 bits per heavy atom. The maximum absolute atomic E-state index is 9.41. The van der Waals surface area contributed by atoms with Crippen molar-refractivity contribution in [3.8, 4) is 107 Å². The second-order valence-electron chi connectivity index (χ2n) is 35.6. The van der Waals surface area contributed by atoms with Gasteiger partial charge in [0, 0.05) is 66.1 Å². The second kappa shape index (κ2) is 48.9. The van der Waals surface area contributed by atoms with Crippen molar-refractivity contribution >= 4 is 43.1 Å². The minimum Gasteiger partial charge on any atom is -0.508 e. The van der Waals surface area contributed by atoms with E-state index in [1.54, 1.807) is 42.5 Å². The first-order valence-corrected chi connectivity index (χ1v) is 48.9. The predicted octanol–water partition coefficient (Wildman–Crippen LogP) is 35.5. The molecule has 0 radical (unpaired) electrons. The van der Waals surface area contributed by atoms with Gasteiger partial charge in [-0.05, 0) is 170 Å². The van der Waals surface area contributed by atoms with Gasteiger partial charge in [-0.15, -0.1) is 0 Å². The molecule has 0 heterocycles. The lowest BCUT2D eigenvalue weighted by Crippen LogP contribution is -2.14. The first-order chi connectivity index (χ1) is 67.6. The van der Waals surface area contributed by atoms with Gasteiger partial charge in [0.2, 0.25) is 0 Å². The van der Waals surface area contributed by atoms with Crippen LogP contribution in [0.2, 0.25) is 0 Å². The smallest absolute Gasteiger partial charge is 0.165 e. The summed E-state index contributed by atoms with van der Waals surface area (Å²) in [6, 6.07) is 137. The highest BCUT2D eigenvalue weighted by molar-refractivity contribution is 5.94. The molecule has 0 spiro atoms. The van der Waals surface area contributed by atoms with E-state index in [9.17, 15) is 25.5 Å². The molecule has 5 aliphatic carbocycles. The van der Waals surface area contributed by atoms with Gasteiger partial charge in [0.25, 0.3) is 0 Å². The molecule has 0 aromatic heterocycles. The summed E-state index contributed by atoms with van der Waals surface area (Å²) in [4.78, 5) is 0. The summed E-state index contributed by atoms with van der Waals surface area (Å²) < 4.78 is 0. The Morgan fingerprint density at radius 1 is 0.136 bits per heavy atom. The molecule has 0 aliphatic heterocycles. The van der Waals surface area contributed by atoms with Gasteiger partial charge >= 0.3 is 0 Å². The number of phenolic OH excluding ortho intramolecular Hbond substituents is 9. The Labute approximate surface area is 830 Å². The van der Waals surface area contributed by atoms with Crippen molar-refractivity contribution < 1.29 is 46.0 Å². The van der Waals surface area contributed by atoms with Crippen molar-refractivity contribution in [2.24, 2.45) is 0 Å². The zero-order valence-corrected chi connectivity index (χ0v) is 84.9. The molecule has 0 amide bonds. The highest BCUT2D eigenvalue weighted by atomic mass is 16.3. The Morgan fingerprint density at radius 3 is 0.586 bits per heavy atom. The van der Waals surface area contributed by atoms with Gasteiger partial charge in [0.1, 0.15) is 40.2 Å². The van der Waals surface area contributed by atoms with Crippen molar-refractivity contribution in [1.29, 1.82) is 0 Å². The van der Waals surface area contributed by atoms with Crippen molar-refractivity contribution in [3.05, 3.63) is 474 Å². The van der Waals surface area contributed by atoms with E-state index in [0.717, 1.165) is 26.9 Å². The van der Waals surface area contributed by atoms with Gasteiger partial charge in [-0.2, -0.15) is 0 Å². The maximum Gasteiger partial charge on any atom is 0.165 e. The SMILES string of the molecule is CC.CC.CC.CC.CC.CC1(C)c2ccccc2-c2ccccc21.CC1(C)c2ccccc2-c2ccccc21.CC1(C)c2ccccc2-c2ccccc21.CC1(C)c2ccccc2-c2ccccc21.CC1(C)c2ccccc2-c2ccccc21.Oc1cc(O)c2ccccc2c1.Oc1ccc(O)c2ccccc12.Oc1ccc2ccccc2c1O.Oc1cccc(O)c1.Oc1cccc2ccccc12. The van der Waals surface area contributed by atoms with Gasteiger partial charge < -0.3 is 46.0 Å². The monoisotopic (exact) mass is 1860 g/mol. The van der Waals surface area contributed by atoms with Crippen LogP contribution < -0.4 is 0 Å². The molecule has 24 rings (SSSR count). The highest BCUT2D eigenvalue weighted by Gasteiger charge is 2.39. The Hall–Kier alpha value is -15.6. The minimum atomic E-state index is -0.0753. The summed E-state index contributed by atoms with van der Waals surface area (Å²) in [5.74, 6) is 1.00. The molecule has 9 N–H and O–H groups in total. The molecule has 0 bridgehead atoms. The molecule has 19 aromatic carbocycles. The van der Waals surface area contributed by atoms with Crippen molar-refractivity contribution in [1.82, 2.24) is 0 Å². The molecule has 5 aliphatic rings. The molecule has 0 fully saturated rings. The largest absolute Gasteiger partial charge is 0.508 e. The van der Waals surface area contributed by atoms with Crippen LogP contribution in [-0.4, -0.2) is 46.0 Å². The Balaban J connectivity index is 0.000000159. The molecule has 0 saturated heterocycles. The van der Waals surface area contributed by atoms with E-state index in [1.807, 2.05) is 160 Å². The zero-order valence-electron chi connectivity index (χ0n) is 84.9. The fourth-order valence-corrected chi connectivity index (χ4v) is 18.8. The van der Waals surface area contributed by atoms with E-state index in [-0.39, 0.29) is 73.1 Å². The Kier molecular flexibility index (Phi) is 37.2. The van der Waals surface area contributed by atoms with Crippen LogP contribution in [-0.2, 0) is 27.1 Å². The van der Waals surface area contributed by atoms with Gasteiger partial charge in [0.15, 0.2) is 11.5 Å². The number of hydrogen-bond donors (Lipinski definition) is 9. The van der Waals surface area contributed by atoms with Crippen LogP contribution in [0.1, 0.15) is 194 Å². The topological polar surface area (TPSA) is 182 Å². The normalized spacial score (nSPS) is 12.7. The molecule has 716 valence electrons. The van der Waals surface area contributed by atoms with Crippen LogP contribution >= 0.6 is 0 Å². The summed E-state index contributed by atoms with van der Waals surface area (Å²) >= 11 is 0. The van der Waals surface area contributed by atoms with Crippen LogP contribution in [0.5, 0.6) is 51.7 Å². The maximum atomic E-state index is 9.41. The second-order valence-corrected chi connectivity index (χ2v) is 35.6. The standard InChI is InChI=1S/5C15H14.3C10H8O2.C10H8O.C6H6O2.5C2H6/c5*1-15(2)13-9-5-3-7-11(13)12-8-4-6-10-14(12)15;11-8-5-7-3-1-2-4-9(7)10(12)6-8;11-9-5-6-10(12)8-4-2-1-3-7(8)9;11-9-6-5-7-3-1-2-4-8(7)10(9)12;11-10-7-3-5-8-4-1-2-6-9(8)10;7-5-2-1-3-6(8)4-5;5*1-2/h5*3-10H,1-2H3;3*1-6,11-12H;1-7,11H;1-4,7-8H;5*1-2H3. The van der Waals surface area contributed by atoms with E-state index < -0.39 is 0 Å². The zero-order chi connectivity index (χ0) is 102. The summed E-state index contributed by atoms with van der Waals surface area (Å²) in [7, 11) is 0. The van der Waals surface area contributed by atoms with Crippen LogP contribution in [0.4, 0.5) is 0 Å². The third-order valence-corrected chi connectivity index (χ3v) is 25.6. The van der Waals surface area contributed by atoms with Crippen LogP contribution in [0.25, 0.3) is 98.7 Å². The van der Waals surface area contributed by atoms with Crippen molar-refractivity contribution in [2.75, 3.05) is 0 Å². The highest BCUT2D eigenvalue weighted by Crippen LogP contribution is 2.53. The first kappa shape index (κ1) is 106. The van der Waals surface area contributed by atoms with E-state index >= 15 is 0 Å². The van der Waals surface area contributed by atoms with E-state index in [0.29, 0.717) is 21.9 Å². The van der Waals surface area contributed by atoms with Gasteiger partial charge in [-0.25, -0.2) is 0 Å². The molecule has 140 heavy (non-hydrogen) atoms. The number of hydrogen-bond acceptors (Lipinski definition) is 9. The predicted molar refractivity (Wildman–Crippen MR) is 594 cm³/mol. The molecule has 9 nitrogen and oxygen atoms in total. The van der Waals surface area contributed by atoms with Gasteiger partial charge in [-0.3, -0.25) is 0 Å². The summed E-state index contributed by atoms with van der Waals surface area (Å²) in [6.45, 7) is 43.0. The lowest BCUT2D eigenvalue weighted by Gasteiger charge is -2.20. The first-order valence-electron chi connectivity index (χ1n) is 48.9. The molecule has 0 saturated carbocycles. The average Bonchev–Trinajstić information content (AvgIpc) is 1.61. The molecule has 0 atom stereocenters. The lowest BCUT2D eigenvalue weighted by molar-refractivity contribution is 0.408. The van der Waals surface area contributed by atoms with Gasteiger partial charge in [0.05, 0.1) is 0 Å². The van der Waals surface area contributed by atoms with Crippen molar-refractivity contribution in [3.63, 3.8) is 0 Å². The van der Waals surface area contributed by atoms with Crippen molar-refractivity contribution in [2.45, 2.75) is 166 Å². The van der Waals surface area contributed by atoms with Crippen LogP contribution in [0, 0.1) is 0 Å². The number of aromatic hydroxyl groups is 9. The number of rotatable bonds is 0. The summed E-state index contributed by atoms with van der Waals surface area (Å²) in [5.41, 5.74) is 29.3. The summed E-state index contributed by atoms with van der Waals surface area (Å²) in [6.07, 6.45) is 0. The molecular weight excluding hydrogens is 1720 g/mol. The van der Waals surface area contributed by atoms with Crippen LogP contribution in [0.3, 0.4) is 0 Å². The summed E-state index contributed by atoms with van der Waals surface area (Å²) in [5, 5.41) is 89.1. The van der Waals surface area contributed by atoms with Crippen LogP contribution in [0.15, 0.2) is 419 Å². The lowest BCUT2D eigenvalue weighted by atomic mass is 9.82. The molecule has 19 aromatic rings. The molecule has 9 heteroatoms. The average molecular weight is 1860 g/mol. The van der Waals surface area contributed by atoms with E-state index in [2.05, 4.69) is 312 Å². The van der Waals surface area contributed by atoms with E-state index in [1.165, 1.54) is 154 Å². The minimum absolute atomic E-state index is 0.0481. The Bertz CT molecular complexity index is 6410. The third-order valence-electron chi connectivity index (χ3n) is 25.6. The molecule has 0 unspecified atom stereocenters.